The fourth-order valence-electron chi connectivity index (χ4n) is 3.44. The molecule has 8 nitrogen and oxygen atoms in total. The van der Waals surface area contributed by atoms with Crippen molar-refractivity contribution >= 4 is 28.6 Å². The zero-order valence-electron chi connectivity index (χ0n) is 14.9. The molecule has 3 amide bonds. The van der Waals surface area contributed by atoms with E-state index in [1.807, 2.05) is 6.07 Å². The molecule has 27 heavy (non-hydrogen) atoms. The topological polar surface area (TPSA) is 110 Å². The first-order chi connectivity index (χ1) is 12.9. The molecule has 1 atom stereocenters. The van der Waals surface area contributed by atoms with Crippen LogP contribution in [0.5, 0.6) is 0 Å². The van der Waals surface area contributed by atoms with Gasteiger partial charge in [0.2, 0.25) is 17.7 Å². The van der Waals surface area contributed by atoms with Crippen LogP contribution in [0, 0.1) is 12.8 Å². The van der Waals surface area contributed by atoms with Gasteiger partial charge in [0, 0.05) is 18.9 Å². The summed E-state index contributed by atoms with van der Waals surface area (Å²) in [5, 5.41) is 5.55. The molecule has 2 N–H and O–H groups in total. The maximum atomic E-state index is 13.1. The summed E-state index contributed by atoms with van der Waals surface area (Å²) in [7, 11) is 0. The second kappa shape index (κ2) is 6.61. The number of aryl methyl sites for hydroxylation is 1. The van der Waals surface area contributed by atoms with E-state index in [1.165, 1.54) is 4.57 Å². The third-order valence-corrected chi connectivity index (χ3v) is 5.08. The van der Waals surface area contributed by atoms with Crippen molar-refractivity contribution in [2.45, 2.75) is 45.2 Å². The zero-order chi connectivity index (χ0) is 19.1. The zero-order valence-corrected chi connectivity index (χ0v) is 14.9. The van der Waals surface area contributed by atoms with Gasteiger partial charge in [-0.3, -0.25) is 29.1 Å². The lowest BCUT2D eigenvalue weighted by Gasteiger charge is -2.24. The highest BCUT2D eigenvalue weighted by Crippen LogP contribution is 2.28. The van der Waals surface area contributed by atoms with Crippen LogP contribution in [0.3, 0.4) is 0 Å². The normalized spacial score (nSPS) is 19.8. The van der Waals surface area contributed by atoms with Gasteiger partial charge in [-0.1, -0.05) is 6.07 Å². The van der Waals surface area contributed by atoms with Gasteiger partial charge >= 0.3 is 0 Å². The van der Waals surface area contributed by atoms with Gasteiger partial charge in [-0.25, -0.2) is 4.98 Å². The highest BCUT2D eigenvalue weighted by atomic mass is 16.2. The standard InChI is InChI=1S/C19H20N4O4/c1-10-21-14-5-2-11(9-20-17(25)12-3-4-12)8-13(14)19(27)23(10)15-6-7-16(24)22-18(15)26/h2,5,8,12,15H,3-4,6-7,9H2,1H3,(H,20,25)(H,22,24,26)/t15-/m0/s1. The van der Waals surface area contributed by atoms with Crippen molar-refractivity contribution in [3.05, 3.63) is 39.9 Å². The summed E-state index contributed by atoms with van der Waals surface area (Å²) >= 11 is 0. The SMILES string of the molecule is Cc1nc2ccc(CNC(=O)C3CC3)cc2c(=O)n1[C@H]1CCC(=O)NC1=O. The number of fused-ring (bicyclic) bond motifs is 1. The number of nitrogens with one attached hydrogen (secondary N) is 2. The Morgan fingerprint density at radius 3 is 2.74 bits per heavy atom. The van der Waals surface area contributed by atoms with Crippen molar-refractivity contribution in [2.75, 3.05) is 0 Å². The summed E-state index contributed by atoms with van der Waals surface area (Å²) in [6.45, 7) is 2.02. The fourth-order valence-corrected chi connectivity index (χ4v) is 3.44. The van der Waals surface area contributed by atoms with E-state index in [9.17, 15) is 19.2 Å². The maximum absolute atomic E-state index is 13.1. The average molecular weight is 368 g/mol. The monoisotopic (exact) mass is 368 g/mol. The third-order valence-electron chi connectivity index (χ3n) is 5.08. The Hall–Kier alpha value is -3.03. The molecule has 1 aliphatic carbocycles. The second-order valence-corrected chi connectivity index (χ2v) is 7.14. The number of hydrogen-bond donors (Lipinski definition) is 2. The molecule has 0 bridgehead atoms. The van der Waals surface area contributed by atoms with Crippen molar-refractivity contribution in [3.8, 4) is 0 Å². The van der Waals surface area contributed by atoms with Crippen molar-refractivity contribution in [1.29, 1.82) is 0 Å². The number of benzene rings is 1. The number of imide groups is 1. The van der Waals surface area contributed by atoms with Gasteiger partial charge < -0.3 is 5.32 Å². The fraction of sp³-hybridized carbons (Fsp3) is 0.421. The van der Waals surface area contributed by atoms with Crippen LogP contribution in [0.15, 0.2) is 23.0 Å². The molecule has 1 saturated heterocycles. The molecule has 0 spiro atoms. The number of nitrogens with zero attached hydrogens (tertiary/aromatic N) is 2. The van der Waals surface area contributed by atoms with Gasteiger partial charge in [0.15, 0.2) is 0 Å². The largest absolute Gasteiger partial charge is 0.352 e. The van der Waals surface area contributed by atoms with E-state index in [4.69, 9.17) is 0 Å². The summed E-state index contributed by atoms with van der Waals surface area (Å²) in [6, 6.07) is 4.54. The van der Waals surface area contributed by atoms with E-state index in [-0.39, 0.29) is 36.1 Å². The molecule has 4 rings (SSSR count). The first-order valence-corrected chi connectivity index (χ1v) is 9.07. The lowest BCUT2D eigenvalue weighted by atomic mass is 10.0. The van der Waals surface area contributed by atoms with Crippen LogP contribution in [0.4, 0.5) is 0 Å². The van der Waals surface area contributed by atoms with Crippen LogP contribution in [0.1, 0.15) is 43.1 Å². The summed E-state index contributed by atoms with van der Waals surface area (Å²) < 4.78 is 1.36. The Balaban J connectivity index is 1.68. The molecule has 2 aliphatic rings. The van der Waals surface area contributed by atoms with Crippen molar-refractivity contribution in [1.82, 2.24) is 20.2 Å². The Morgan fingerprint density at radius 1 is 1.26 bits per heavy atom. The van der Waals surface area contributed by atoms with Crippen LogP contribution in [0.25, 0.3) is 10.9 Å². The van der Waals surface area contributed by atoms with Crippen molar-refractivity contribution in [3.63, 3.8) is 0 Å². The Kier molecular flexibility index (Phi) is 4.25. The molecule has 2 fully saturated rings. The van der Waals surface area contributed by atoms with Gasteiger partial charge in [-0.05, 0) is 43.9 Å². The molecule has 2 aromatic rings. The third kappa shape index (κ3) is 3.34. The minimum Gasteiger partial charge on any atom is -0.352 e. The summed E-state index contributed by atoms with van der Waals surface area (Å²) in [4.78, 5) is 52.9. The number of carbonyl (C=O) groups excluding carboxylic acids is 3. The van der Waals surface area contributed by atoms with Crippen molar-refractivity contribution < 1.29 is 14.4 Å². The maximum Gasteiger partial charge on any atom is 0.262 e. The number of carbonyl (C=O) groups is 3. The first-order valence-electron chi connectivity index (χ1n) is 9.07. The average Bonchev–Trinajstić information content (AvgIpc) is 3.47. The van der Waals surface area contributed by atoms with E-state index < -0.39 is 11.9 Å². The van der Waals surface area contributed by atoms with Gasteiger partial charge in [-0.15, -0.1) is 0 Å². The summed E-state index contributed by atoms with van der Waals surface area (Å²) in [6.07, 6.45) is 2.33. The van der Waals surface area contributed by atoms with E-state index in [1.54, 1.807) is 19.1 Å². The van der Waals surface area contributed by atoms with E-state index in [0.29, 0.717) is 23.3 Å². The Morgan fingerprint density at radius 2 is 2.04 bits per heavy atom. The quantitative estimate of drug-likeness (QED) is 0.772. The molecule has 1 aromatic heterocycles. The van der Waals surface area contributed by atoms with Crippen LogP contribution >= 0.6 is 0 Å². The van der Waals surface area contributed by atoms with E-state index in [0.717, 1.165) is 18.4 Å². The summed E-state index contributed by atoms with van der Waals surface area (Å²) in [5.74, 6) is -0.218. The van der Waals surface area contributed by atoms with Gasteiger partial charge in [0.25, 0.3) is 5.56 Å². The molecule has 0 unspecified atom stereocenters. The van der Waals surface area contributed by atoms with Crippen LogP contribution in [0.2, 0.25) is 0 Å². The molecular weight excluding hydrogens is 348 g/mol. The minimum absolute atomic E-state index is 0.0399. The first kappa shape index (κ1) is 17.4. The lowest BCUT2D eigenvalue weighted by molar-refractivity contribution is -0.135. The van der Waals surface area contributed by atoms with Crippen LogP contribution < -0.4 is 16.2 Å². The number of rotatable bonds is 4. The second-order valence-electron chi connectivity index (χ2n) is 7.14. The van der Waals surface area contributed by atoms with Gasteiger partial charge in [0.05, 0.1) is 10.9 Å². The van der Waals surface area contributed by atoms with Crippen LogP contribution in [-0.2, 0) is 20.9 Å². The minimum atomic E-state index is -0.745. The molecule has 1 saturated carbocycles. The number of piperidine rings is 1. The Labute approximate surface area is 155 Å². The predicted molar refractivity (Wildman–Crippen MR) is 96.7 cm³/mol. The molecule has 1 aliphatic heterocycles. The van der Waals surface area contributed by atoms with E-state index >= 15 is 0 Å². The lowest BCUT2D eigenvalue weighted by Crippen LogP contribution is -2.45. The predicted octanol–water partition coefficient (Wildman–Crippen LogP) is 0.709. The molecule has 1 aromatic carbocycles. The number of aromatic nitrogens is 2. The number of hydrogen-bond acceptors (Lipinski definition) is 5. The van der Waals surface area contributed by atoms with Gasteiger partial charge in [0.1, 0.15) is 11.9 Å². The highest BCUT2D eigenvalue weighted by Gasteiger charge is 2.31. The highest BCUT2D eigenvalue weighted by molar-refractivity contribution is 5.99. The number of amides is 3. The molecule has 140 valence electrons. The van der Waals surface area contributed by atoms with E-state index in [2.05, 4.69) is 15.6 Å². The van der Waals surface area contributed by atoms with Crippen molar-refractivity contribution in [2.24, 2.45) is 5.92 Å². The smallest absolute Gasteiger partial charge is 0.262 e. The molecular formula is C19H20N4O4. The molecule has 8 heteroatoms. The van der Waals surface area contributed by atoms with Crippen LogP contribution in [-0.4, -0.2) is 27.3 Å². The molecule has 0 radical (unpaired) electrons. The Bertz CT molecular complexity index is 1020. The van der Waals surface area contributed by atoms with Gasteiger partial charge in [-0.2, -0.15) is 0 Å². The summed E-state index contributed by atoms with van der Waals surface area (Å²) in [5.41, 5.74) is 1.02. The molecule has 2 heterocycles.